The van der Waals surface area contributed by atoms with Gasteiger partial charge in [0.25, 0.3) is 5.79 Å². The van der Waals surface area contributed by atoms with E-state index in [0.717, 1.165) is 32.1 Å². The van der Waals surface area contributed by atoms with E-state index in [9.17, 15) is 14.4 Å². The molecule has 1 heterocycles. The molecular weight excluding hydrogens is 407 g/mol. The van der Waals surface area contributed by atoms with Crippen LogP contribution in [0.3, 0.4) is 0 Å². The molecule has 5 fully saturated rings. The van der Waals surface area contributed by atoms with Crippen molar-refractivity contribution in [2.45, 2.75) is 55.3 Å². The molecule has 4 aliphatic carbocycles. The van der Waals surface area contributed by atoms with Gasteiger partial charge in [-0.3, -0.25) is 9.79 Å². The molecule has 4 saturated carbocycles. The van der Waals surface area contributed by atoms with Crippen molar-refractivity contribution in [2.24, 2.45) is 17.8 Å². The molecule has 154 valence electrons. The smallest absolute Gasteiger partial charge is 0.404 e. The number of phosphoric acid groups is 1. The first kappa shape index (κ1) is 19.3. The van der Waals surface area contributed by atoms with E-state index in [4.69, 9.17) is 30.6 Å². The van der Waals surface area contributed by atoms with E-state index in [1.807, 2.05) is 6.07 Å². The zero-order valence-electron chi connectivity index (χ0n) is 15.8. The Morgan fingerprint density at radius 2 is 1.86 bits per heavy atom. The van der Waals surface area contributed by atoms with Crippen LogP contribution in [0.1, 0.15) is 43.2 Å². The SMILES string of the molecule is COC1(c2ccc(C)c(OP(=O)(O)O)c2)OOC12C1CC3CC2CC(Cl)(C3)C1. The number of hydrogen-bond acceptors (Lipinski definition) is 5. The second-order valence-electron chi connectivity index (χ2n) is 8.84. The second-order valence-corrected chi connectivity index (χ2v) is 10.8. The molecular formula is C19H24ClO7P. The van der Waals surface area contributed by atoms with Gasteiger partial charge in [-0.05, 0) is 68.4 Å². The van der Waals surface area contributed by atoms with Gasteiger partial charge in [-0.15, -0.1) is 11.6 Å². The van der Waals surface area contributed by atoms with E-state index >= 15 is 0 Å². The minimum absolute atomic E-state index is 0.102. The predicted molar refractivity (Wildman–Crippen MR) is 99.6 cm³/mol. The molecule has 0 aromatic heterocycles. The van der Waals surface area contributed by atoms with Gasteiger partial charge in [0, 0.05) is 17.5 Å². The Kier molecular flexibility index (Phi) is 4.10. The van der Waals surface area contributed by atoms with Crippen LogP contribution in [-0.2, 0) is 24.9 Å². The largest absolute Gasteiger partial charge is 0.524 e. The van der Waals surface area contributed by atoms with Crippen LogP contribution >= 0.6 is 19.4 Å². The zero-order chi connectivity index (χ0) is 19.9. The van der Waals surface area contributed by atoms with Crippen LogP contribution in [0.4, 0.5) is 0 Å². The Balaban J connectivity index is 1.58. The van der Waals surface area contributed by atoms with Crippen LogP contribution in [0, 0.1) is 24.7 Å². The summed E-state index contributed by atoms with van der Waals surface area (Å²) in [6.07, 6.45) is 4.82. The van der Waals surface area contributed by atoms with Crippen molar-refractivity contribution in [3.05, 3.63) is 29.3 Å². The molecule has 0 radical (unpaired) electrons. The Morgan fingerprint density at radius 3 is 2.36 bits per heavy atom. The molecule has 28 heavy (non-hydrogen) atoms. The van der Waals surface area contributed by atoms with Gasteiger partial charge in [0.05, 0.1) is 0 Å². The van der Waals surface area contributed by atoms with Crippen molar-refractivity contribution in [3.63, 3.8) is 0 Å². The summed E-state index contributed by atoms with van der Waals surface area (Å²) in [6.45, 7) is 1.72. The number of benzene rings is 1. The number of alkyl halides is 1. The summed E-state index contributed by atoms with van der Waals surface area (Å²) in [5.41, 5.74) is 0.593. The van der Waals surface area contributed by atoms with E-state index in [0.29, 0.717) is 17.0 Å². The molecule has 1 aromatic carbocycles. The van der Waals surface area contributed by atoms with Gasteiger partial charge >= 0.3 is 7.82 Å². The normalized spacial score (nSPS) is 44.0. The summed E-state index contributed by atoms with van der Waals surface area (Å²) >= 11 is 6.90. The third-order valence-electron chi connectivity index (χ3n) is 7.21. The highest BCUT2D eigenvalue weighted by atomic mass is 35.5. The molecule has 4 bridgehead atoms. The van der Waals surface area contributed by atoms with Crippen molar-refractivity contribution < 1.29 is 33.4 Å². The maximum atomic E-state index is 11.4. The number of phosphoric ester groups is 1. The molecule has 3 unspecified atom stereocenters. The van der Waals surface area contributed by atoms with Crippen LogP contribution in [0.25, 0.3) is 0 Å². The molecule has 2 N–H and O–H groups in total. The minimum Gasteiger partial charge on any atom is -0.404 e. The number of ether oxygens (including phenoxy) is 1. The number of aryl methyl sites for hydroxylation is 1. The third-order valence-corrected chi connectivity index (χ3v) is 8.11. The maximum absolute atomic E-state index is 11.4. The highest BCUT2D eigenvalue weighted by Gasteiger charge is 2.78. The quantitative estimate of drug-likeness (QED) is 0.426. The summed E-state index contributed by atoms with van der Waals surface area (Å²) in [4.78, 5) is 29.9. The fourth-order valence-electron chi connectivity index (χ4n) is 6.38. The van der Waals surface area contributed by atoms with Crippen molar-refractivity contribution in [2.75, 3.05) is 7.11 Å². The van der Waals surface area contributed by atoms with Gasteiger partial charge in [0.15, 0.2) is 5.60 Å². The van der Waals surface area contributed by atoms with Crippen molar-refractivity contribution in [1.82, 2.24) is 0 Å². The lowest BCUT2D eigenvalue weighted by Gasteiger charge is -2.70. The van der Waals surface area contributed by atoms with E-state index < -0.39 is 19.2 Å². The minimum atomic E-state index is -4.69. The molecule has 1 aliphatic heterocycles. The van der Waals surface area contributed by atoms with Gasteiger partial charge < -0.3 is 9.26 Å². The van der Waals surface area contributed by atoms with E-state index in [-0.39, 0.29) is 22.5 Å². The Bertz CT molecular complexity index is 850. The summed E-state index contributed by atoms with van der Waals surface area (Å²) in [5, 5.41) is 0. The summed E-state index contributed by atoms with van der Waals surface area (Å²) in [5.74, 6) is -0.0323. The highest BCUT2D eigenvalue weighted by Crippen LogP contribution is 2.71. The molecule has 6 rings (SSSR count). The van der Waals surface area contributed by atoms with Crippen molar-refractivity contribution in [1.29, 1.82) is 0 Å². The highest BCUT2D eigenvalue weighted by molar-refractivity contribution is 7.46. The lowest BCUT2D eigenvalue weighted by Crippen LogP contribution is -2.78. The van der Waals surface area contributed by atoms with Crippen LogP contribution < -0.4 is 4.52 Å². The third kappa shape index (κ3) is 2.51. The standard InChI is InChI=1S/C19H24ClO7P/c1-11-3-4-13(7-16(11)25-28(21,22)23)19(24-2)18(26-27-19)14-5-12-6-15(18)10-17(20,8-12)9-14/h3-4,7,12,14-15H,5-6,8-10H2,1-2H3,(H2,21,22,23). The van der Waals surface area contributed by atoms with Crippen LogP contribution in [0.2, 0.25) is 0 Å². The summed E-state index contributed by atoms with van der Waals surface area (Å²) < 4.78 is 22.2. The fraction of sp³-hybridized carbons (Fsp3) is 0.684. The first-order chi connectivity index (χ1) is 13.1. The second kappa shape index (κ2) is 5.94. The number of rotatable bonds is 4. The van der Waals surface area contributed by atoms with Crippen LogP contribution in [0.15, 0.2) is 18.2 Å². The van der Waals surface area contributed by atoms with E-state index in [1.54, 1.807) is 26.2 Å². The summed E-state index contributed by atoms with van der Waals surface area (Å²) in [7, 11) is -3.11. The van der Waals surface area contributed by atoms with Crippen molar-refractivity contribution >= 4 is 19.4 Å². The molecule has 1 spiro atoms. The molecule has 1 saturated heterocycles. The van der Waals surface area contributed by atoms with Crippen LogP contribution in [-0.4, -0.2) is 27.4 Å². The van der Waals surface area contributed by atoms with Gasteiger partial charge in [0.2, 0.25) is 0 Å². The van der Waals surface area contributed by atoms with Crippen LogP contribution in [0.5, 0.6) is 5.75 Å². The molecule has 3 atom stereocenters. The average molecular weight is 431 g/mol. The van der Waals surface area contributed by atoms with E-state index in [2.05, 4.69) is 0 Å². The Hall–Kier alpha value is -0.660. The van der Waals surface area contributed by atoms with Gasteiger partial charge in [0.1, 0.15) is 5.75 Å². The molecule has 9 heteroatoms. The Morgan fingerprint density at radius 1 is 1.18 bits per heavy atom. The average Bonchev–Trinajstić information content (AvgIpc) is 2.54. The summed E-state index contributed by atoms with van der Waals surface area (Å²) in [6, 6.07) is 5.18. The topological polar surface area (TPSA) is 94.5 Å². The number of methoxy groups -OCH3 is 1. The lowest BCUT2D eigenvalue weighted by molar-refractivity contribution is -0.645. The van der Waals surface area contributed by atoms with Crippen molar-refractivity contribution in [3.8, 4) is 5.75 Å². The lowest BCUT2D eigenvalue weighted by atomic mass is 9.46. The van der Waals surface area contributed by atoms with Gasteiger partial charge in [-0.2, -0.15) is 4.89 Å². The zero-order valence-corrected chi connectivity index (χ0v) is 17.4. The predicted octanol–water partition coefficient (Wildman–Crippen LogP) is 3.78. The molecule has 1 aromatic rings. The number of halogens is 1. The fourth-order valence-corrected chi connectivity index (χ4v) is 7.42. The van der Waals surface area contributed by atoms with Gasteiger partial charge in [-0.1, -0.05) is 12.1 Å². The Labute approximate surface area is 168 Å². The first-order valence-electron chi connectivity index (χ1n) is 9.58. The van der Waals surface area contributed by atoms with Gasteiger partial charge in [-0.25, -0.2) is 9.45 Å². The molecule has 5 aliphatic rings. The molecule has 0 amide bonds. The first-order valence-corrected chi connectivity index (χ1v) is 11.5. The van der Waals surface area contributed by atoms with E-state index in [1.165, 1.54) is 0 Å². The molecule has 7 nitrogen and oxygen atoms in total. The maximum Gasteiger partial charge on any atom is 0.524 e. The number of hydrogen-bond donors (Lipinski definition) is 2. The monoisotopic (exact) mass is 430 g/mol.